The molecule has 1 aliphatic heterocycles. The summed E-state index contributed by atoms with van der Waals surface area (Å²) in [4.78, 5) is 0. The van der Waals surface area contributed by atoms with E-state index in [4.69, 9.17) is 33.2 Å². The first-order chi connectivity index (χ1) is 20.7. The minimum atomic E-state index is 0.0402. The van der Waals surface area contributed by atoms with Crippen molar-refractivity contribution in [2.45, 2.75) is 44.5 Å². The Labute approximate surface area is 250 Å². The molecule has 8 heteroatoms. The van der Waals surface area contributed by atoms with Crippen molar-refractivity contribution in [2.75, 3.05) is 60.8 Å². The molecule has 1 fully saturated rings. The van der Waals surface area contributed by atoms with Crippen LogP contribution in [-0.4, -0.2) is 67.0 Å². The van der Waals surface area contributed by atoms with Gasteiger partial charge in [-0.05, 0) is 42.8 Å². The molecule has 0 saturated carbocycles. The van der Waals surface area contributed by atoms with E-state index in [1.807, 2.05) is 42.5 Å². The average molecular weight is 580 g/mol. The number of rotatable bonds is 18. The first kappa shape index (κ1) is 31.6. The summed E-state index contributed by atoms with van der Waals surface area (Å²) in [6.07, 6.45) is 2.66. The fourth-order valence-electron chi connectivity index (χ4n) is 5.13. The Kier molecular flexibility index (Phi) is 13.3. The van der Waals surface area contributed by atoms with Gasteiger partial charge >= 0.3 is 0 Å². The minimum absolute atomic E-state index is 0.0402. The van der Waals surface area contributed by atoms with Crippen molar-refractivity contribution < 1.29 is 33.2 Å². The Morgan fingerprint density at radius 1 is 0.714 bits per heavy atom. The molecule has 0 radical (unpaired) electrons. The highest BCUT2D eigenvalue weighted by Crippen LogP contribution is 2.34. The van der Waals surface area contributed by atoms with Gasteiger partial charge in [-0.1, -0.05) is 42.5 Å². The second kappa shape index (κ2) is 17.6. The number of nitrogens with one attached hydrogen (secondary N) is 1. The van der Waals surface area contributed by atoms with E-state index in [9.17, 15) is 0 Å². The number of piperidine rings is 1. The molecule has 3 aromatic rings. The summed E-state index contributed by atoms with van der Waals surface area (Å²) in [5.74, 6) is 3.46. The van der Waals surface area contributed by atoms with E-state index in [1.54, 1.807) is 21.3 Å². The standard InChI is InChI=1S/C34H45NO7/c1-36-19-7-22-41-34-28(10-6-12-32(34)38-3)25-42-33-23-35-18-17-30(33)26-13-15-29(16-14-26)40-21-8-20-39-24-27-9-4-5-11-31(27)37-2/h4-6,9-16,30,33,35H,7-8,17-25H2,1-3H3. The zero-order chi connectivity index (χ0) is 29.4. The molecule has 228 valence electrons. The topological polar surface area (TPSA) is 76.6 Å². The van der Waals surface area contributed by atoms with E-state index in [0.29, 0.717) is 51.3 Å². The van der Waals surface area contributed by atoms with E-state index >= 15 is 0 Å². The zero-order valence-corrected chi connectivity index (χ0v) is 25.1. The highest BCUT2D eigenvalue weighted by Gasteiger charge is 2.27. The van der Waals surface area contributed by atoms with Crippen LogP contribution >= 0.6 is 0 Å². The van der Waals surface area contributed by atoms with E-state index in [1.165, 1.54) is 5.56 Å². The largest absolute Gasteiger partial charge is 0.496 e. The summed E-state index contributed by atoms with van der Waals surface area (Å²) in [5, 5.41) is 3.49. The van der Waals surface area contributed by atoms with E-state index < -0.39 is 0 Å². The van der Waals surface area contributed by atoms with E-state index in [0.717, 1.165) is 60.7 Å². The lowest BCUT2D eigenvalue weighted by molar-refractivity contribution is 0.00944. The number of ether oxygens (including phenoxy) is 7. The molecule has 2 atom stereocenters. The fourth-order valence-corrected chi connectivity index (χ4v) is 5.13. The second-order valence-corrected chi connectivity index (χ2v) is 10.2. The fraction of sp³-hybridized carbons (Fsp3) is 0.471. The summed E-state index contributed by atoms with van der Waals surface area (Å²) in [5.41, 5.74) is 3.29. The van der Waals surface area contributed by atoms with Gasteiger partial charge in [0.2, 0.25) is 0 Å². The van der Waals surface area contributed by atoms with Gasteiger partial charge in [-0.2, -0.15) is 0 Å². The summed E-state index contributed by atoms with van der Waals surface area (Å²) < 4.78 is 40.5. The molecule has 0 aromatic heterocycles. The van der Waals surface area contributed by atoms with Crippen molar-refractivity contribution in [1.29, 1.82) is 0 Å². The van der Waals surface area contributed by atoms with Gasteiger partial charge in [0.25, 0.3) is 0 Å². The van der Waals surface area contributed by atoms with Crippen molar-refractivity contribution in [3.63, 3.8) is 0 Å². The van der Waals surface area contributed by atoms with Gasteiger partial charge in [-0.25, -0.2) is 0 Å². The molecular formula is C34H45NO7. The third-order valence-corrected chi connectivity index (χ3v) is 7.36. The number of hydrogen-bond acceptors (Lipinski definition) is 8. The van der Waals surface area contributed by atoms with Gasteiger partial charge in [0, 0.05) is 50.1 Å². The van der Waals surface area contributed by atoms with Gasteiger partial charge in [-0.15, -0.1) is 0 Å². The Morgan fingerprint density at radius 2 is 1.45 bits per heavy atom. The Hall–Kier alpha value is -3.30. The first-order valence-electron chi connectivity index (χ1n) is 14.8. The third-order valence-electron chi connectivity index (χ3n) is 7.36. The number of methoxy groups -OCH3 is 3. The lowest BCUT2D eigenvalue weighted by Crippen LogP contribution is -2.41. The molecule has 2 unspecified atom stereocenters. The van der Waals surface area contributed by atoms with Crippen molar-refractivity contribution in [2.24, 2.45) is 0 Å². The van der Waals surface area contributed by atoms with Crippen LogP contribution in [0.25, 0.3) is 0 Å². The molecular weight excluding hydrogens is 534 g/mol. The lowest BCUT2D eigenvalue weighted by Gasteiger charge is -2.33. The molecule has 4 rings (SSSR count). The van der Waals surface area contributed by atoms with Crippen LogP contribution in [0.4, 0.5) is 0 Å². The second-order valence-electron chi connectivity index (χ2n) is 10.2. The van der Waals surface area contributed by atoms with Gasteiger partial charge in [0.1, 0.15) is 11.5 Å². The van der Waals surface area contributed by atoms with Gasteiger partial charge in [0.15, 0.2) is 11.5 Å². The maximum absolute atomic E-state index is 6.51. The lowest BCUT2D eigenvalue weighted by atomic mass is 9.87. The minimum Gasteiger partial charge on any atom is -0.496 e. The SMILES string of the molecule is COCCCOc1c(COC2CNCCC2c2ccc(OCCCOCc3ccccc3OC)cc2)cccc1OC. The van der Waals surface area contributed by atoms with Crippen LogP contribution in [0.15, 0.2) is 66.7 Å². The van der Waals surface area contributed by atoms with Gasteiger partial charge in [0.05, 0.1) is 53.4 Å². The van der Waals surface area contributed by atoms with Crippen molar-refractivity contribution >= 4 is 0 Å². The summed E-state index contributed by atoms with van der Waals surface area (Å²) in [6, 6.07) is 22.3. The zero-order valence-electron chi connectivity index (χ0n) is 25.1. The van der Waals surface area contributed by atoms with Crippen LogP contribution in [0, 0.1) is 0 Å². The summed E-state index contributed by atoms with van der Waals surface area (Å²) >= 11 is 0. The maximum atomic E-state index is 6.51. The molecule has 8 nitrogen and oxygen atoms in total. The molecule has 1 saturated heterocycles. The van der Waals surface area contributed by atoms with Gasteiger partial charge < -0.3 is 38.5 Å². The maximum Gasteiger partial charge on any atom is 0.166 e. The quantitative estimate of drug-likeness (QED) is 0.191. The first-order valence-corrected chi connectivity index (χ1v) is 14.8. The predicted octanol–water partition coefficient (Wildman–Crippen LogP) is 5.77. The summed E-state index contributed by atoms with van der Waals surface area (Å²) in [7, 11) is 5.03. The van der Waals surface area contributed by atoms with Crippen LogP contribution in [-0.2, 0) is 27.4 Å². The van der Waals surface area contributed by atoms with Crippen LogP contribution in [0.5, 0.6) is 23.0 Å². The van der Waals surface area contributed by atoms with Crippen molar-refractivity contribution in [3.05, 3.63) is 83.4 Å². The van der Waals surface area contributed by atoms with Crippen molar-refractivity contribution in [3.8, 4) is 23.0 Å². The number of benzene rings is 3. The Morgan fingerprint density at radius 3 is 2.26 bits per heavy atom. The highest BCUT2D eigenvalue weighted by molar-refractivity contribution is 5.46. The molecule has 1 aliphatic rings. The Balaban J connectivity index is 1.25. The number of hydrogen-bond donors (Lipinski definition) is 1. The molecule has 0 spiro atoms. The highest BCUT2D eigenvalue weighted by atomic mass is 16.5. The predicted molar refractivity (Wildman–Crippen MR) is 163 cm³/mol. The molecule has 1 N–H and O–H groups in total. The van der Waals surface area contributed by atoms with E-state index in [-0.39, 0.29) is 6.10 Å². The Bertz CT molecular complexity index is 1190. The van der Waals surface area contributed by atoms with Crippen LogP contribution in [0.3, 0.4) is 0 Å². The normalized spacial score (nSPS) is 16.6. The third kappa shape index (κ3) is 9.36. The smallest absolute Gasteiger partial charge is 0.166 e. The molecule has 3 aromatic carbocycles. The van der Waals surface area contributed by atoms with Crippen molar-refractivity contribution in [1.82, 2.24) is 5.32 Å². The molecule has 42 heavy (non-hydrogen) atoms. The average Bonchev–Trinajstić information content (AvgIpc) is 3.04. The molecule has 0 aliphatic carbocycles. The summed E-state index contributed by atoms with van der Waals surface area (Å²) in [6.45, 7) is 5.16. The van der Waals surface area contributed by atoms with Crippen LogP contribution < -0.4 is 24.3 Å². The van der Waals surface area contributed by atoms with Crippen LogP contribution in [0.2, 0.25) is 0 Å². The molecule has 0 bridgehead atoms. The van der Waals surface area contributed by atoms with Gasteiger partial charge in [-0.3, -0.25) is 0 Å². The molecule has 1 heterocycles. The number of para-hydroxylation sites is 2. The molecule has 0 amide bonds. The monoisotopic (exact) mass is 579 g/mol. The van der Waals surface area contributed by atoms with Crippen LogP contribution in [0.1, 0.15) is 41.9 Å². The van der Waals surface area contributed by atoms with E-state index in [2.05, 4.69) is 29.6 Å².